The molecule has 2 aromatic rings. The average molecular weight is 399 g/mol. The molecule has 0 saturated carbocycles. The number of benzene rings is 2. The fourth-order valence-electron chi connectivity index (χ4n) is 2.11. The van der Waals surface area contributed by atoms with Crippen LogP contribution in [-0.4, -0.2) is 24.1 Å². The summed E-state index contributed by atoms with van der Waals surface area (Å²) >= 11 is 9.36. The largest absolute Gasteiger partial charge is 0.496 e. The first-order valence-electron chi connectivity index (χ1n) is 6.51. The molecule has 0 saturated heterocycles. The molecule has 0 bridgehead atoms. The Balaban J connectivity index is 2.40. The molecule has 0 aromatic heterocycles. The zero-order valence-corrected chi connectivity index (χ0v) is 14.7. The number of aryl methyl sites for hydroxylation is 1. The number of rotatable bonds is 4. The van der Waals surface area contributed by atoms with Gasteiger partial charge in [-0.2, -0.15) is 0 Å². The maximum atomic E-state index is 12.5. The van der Waals surface area contributed by atoms with Gasteiger partial charge in [-0.15, -0.1) is 0 Å². The van der Waals surface area contributed by atoms with E-state index in [0.29, 0.717) is 11.3 Å². The molecule has 2 aromatic carbocycles. The van der Waals surface area contributed by atoms with Gasteiger partial charge in [0.1, 0.15) is 5.75 Å². The SMILES string of the molecule is COc1c(C)cc(Br)cc1C(=O)Nc1cc(C(=O)O)ccc1Cl. The number of carboxylic acid groups (broad SMARTS) is 1. The molecule has 2 N–H and O–H groups in total. The third kappa shape index (κ3) is 3.83. The minimum atomic E-state index is -1.10. The molecule has 23 heavy (non-hydrogen) atoms. The number of hydrogen-bond donors (Lipinski definition) is 2. The lowest BCUT2D eigenvalue weighted by Crippen LogP contribution is -2.14. The van der Waals surface area contributed by atoms with Crippen molar-refractivity contribution in [2.24, 2.45) is 0 Å². The molecule has 0 aliphatic heterocycles. The molecule has 7 heteroatoms. The Morgan fingerprint density at radius 1 is 1.26 bits per heavy atom. The molecule has 0 atom stereocenters. The van der Waals surface area contributed by atoms with E-state index in [9.17, 15) is 9.59 Å². The number of halogens is 2. The van der Waals surface area contributed by atoms with Crippen molar-refractivity contribution in [1.29, 1.82) is 0 Å². The van der Waals surface area contributed by atoms with E-state index in [1.54, 1.807) is 6.07 Å². The Labute approximate surface area is 146 Å². The molecule has 0 spiro atoms. The normalized spacial score (nSPS) is 10.3. The fraction of sp³-hybridized carbons (Fsp3) is 0.125. The van der Waals surface area contributed by atoms with E-state index in [1.807, 2.05) is 13.0 Å². The van der Waals surface area contributed by atoms with Crippen LogP contribution < -0.4 is 10.1 Å². The quantitative estimate of drug-likeness (QED) is 0.802. The van der Waals surface area contributed by atoms with E-state index in [2.05, 4.69) is 21.2 Å². The van der Waals surface area contributed by atoms with Crippen LogP contribution in [0.4, 0.5) is 5.69 Å². The van der Waals surface area contributed by atoms with Crippen LogP contribution in [0.2, 0.25) is 5.02 Å². The number of carbonyl (C=O) groups excluding carboxylic acids is 1. The topological polar surface area (TPSA) is 75.6 Å². The van der Waals surface area contributed by atoms with Crippen molar-refractivity contribution in [1.82, 2.24) is 0 Å². The first-order chi connectivity index (χ1) is 10.8. The highest BCUT2D eigenvalue weighted by Crippen LogP contribution is 2.30. The first kappa shape index (κ1) is 17.3. The maximum Gasteiger partial charge on any atom is 0.335 e. The lowest BCUT2D eigenvalue weighted by molar-refractivity contribution is 0.0696. The number of anilines is 1. The minimum absolute atomic E-state index is 0.0297. The zero-order chi connectivity index (χ0) is 17.1. The summed E-state index contributed by atoms with van der Waals surface area (Å²) in [6, 6.07) is 7.54. The van der Waals surface area contributed by atoms with Crippen LogP contribution in [0.5, 0.6) is 5.75 Å². The van der Waals surface area contributed by atoms with Gasteiger partial charge in [-0.25, -0.2) is 4.79 Å². The third-order valence-electron chi connectivity index (χ3n) is 3.15. The summed E-state index contributed by atoms with van der Waals surface area (Å²) in [5.74, 6) is -1.11. The van der Waals surface area contributed by atoms with Crippen LogP contribution in [0.1, 0.15) is 26.3 Å². The van der Waals surface area contributed by atoms with Crippen LogP contribution in [0.25, 0.3) is 0 Å². The maximum absolute atomic E-state index is 12.5. The van der Waals surface area contributed by atoms with Crippen LogP contribution in [0.15, 0.2) is 34.8 Å². The molecule has 0 fully saturated rings. The highest BCUT2D eigenvalue weighted by atomic mass is 79.9. The highest BCUT2D eigenvalue weighted by molar-refractivity contribution is 9.10. The Hall–Kier alpha value is -2.05. The van der Waals surface area contributed by atoms with E-state index in [4.69, 9.17) is 21.4 Å². The number of carboxylic acids is 1. The number of ether oxygens (including phenoxy) is 1. The van der Waals surface area contributed by atoms with Crippen LogP contribution in [-0.2, 0) is 0 Å². The van der Waals surface area contributed by atoms with Crippen molar-refractivity contribution in [3.8, 4) is 5.75 Å². The Kier molecular flexibility index (Phi) is 5.28. The zero-order valence-electron chi connectivity index (χ0n) is 12.3. The van der Waals surface area contributed by atoms with Crippen molar-refractivity contribution in [3.05, 3.63) is 56.5 Å². The lowest BCUT2D eigenvalue weighted by Gasteiger charge is -2.13. The molecule has 0 aliphatic carbocycles. The second-order valence-electron chi connectivity index (χ2n) is 4.76. The molecular formula is C16H13BrClNO4. The predicted molar refractivity (Wildman–Crippen MR) is 91.8 cm³/mol. The fourth-order valence-corrected chi connectivity index (χ4v) is 2.85. The van der Waals surface area contributed by atoms with Crippen molar-refractivity contribution in [2.45, 2.75) is 6.92 Å². The minimum Gasteiger partial charge on any atom is -0.496 e. The number of hydrogen-bond acceptors (Lipinski definition) is 3. The first-order valence-corrected chi connectivity index (χ1v) is 7.69. The molecule has 0 radical (unpaired) electrons. The van der Waals surface area contributed by atoms with E-state index < -0.39 is 11.9 Å². The van der Waals surface area contributed by atoms with E-state index >= 15 is 0 Å². The van der Waals surface area contributed by atoms with Gasteiger partial charge in [0.15, 0.2) is 0 Å². The van der Waals surface area contributed by atoms with Crippen molar-refractivity contribution < 1.29 is 19.4 Å². The highest BCUT2D eigenvalue weighted by Gasteiger charge is 2.17. The second-order valence-corrected chi connectivity index (χ2v) is 6.08. The summed E-state index contributed by atoms with van der Waals surface area (Å²) in [6.07, 6.45) is 0. The summed E-state index contributed by atoms with van der Waals surface area (Å²) in [4.78, 5) is 23.5. The number of amides is 1. The van der Waals surface area contributed by atoms with Crippen molar-refractivity contribution in [2.75, 3.05) is 12.4 Å². The molecule has 0 unspecified atom stereocenters. The predicted octanol–water partition coefficient (Wildman–Crippen LogP) is 4.37. The van der Waals surface area contributed by atoms with E-state index in [-0.39, 0.29) is 16.3 Å². The van der Waals surface area contributed by atoms with Gasteiger partial charge in [-0.3, -0.25) is 4.79 Å². The average Bonchev–Trinajstić information content (AvgIpc) is 2.48. The van der Waals surface area contributed by atoms with Gasteiger partial charge in [0.2, 0.25) is 0 Å². The Bertz CT molecular complexity index is 792. The molecule has 0 heterocycles. The van der Waals surface area contributed by atoms with Crippen LogP contribution in [0.3, 0.4) is 0 Å². The van der Waals surface area contributed by atoms with Gasteiger partial charge in [0.25, 0.3) is 5.91 Å². The summed E-state index contributed by atoms with van der Waals surface area (Å²) < 4.78 is 6.00. The van der Waals surface area contributed by atoms with Gasteiger partial charge < -0.3 is 15.2 Å². The lowest BCUT2D eigenvalue weighted by atomic mass is 10.1. The molecule has 2 rings (SSSR count). The molecule has 0 aliphatic rings. The van der Waals surface area contributed by atoms with Gasteiger partial charge in [0, 0.05) is 4.47 Å². The summed E-state index contributed by atoms with van der Waals surface area (Å²) in [6.45, 7) is 1.82. The van der Waals surface area contributed by atoms with E-state index in [1.165, 1.54) is 25.3 Å². The van der Waals surface area contributed by atoms with Gasteiger partial charge in [-0.1, -0.05) is 27.5 Å². The summed E-state index contributed by atoms with van der Waals surface area (Å²) in [7, 11) is 1.48. The van der Waals surface area contributed by atoms with E-state index in [0.717, 1.165) is 10.0 Å². The number of methoxy groups -OCH3 is 1. The van der Waals surface area contributed by atoms with Crippen molar-refractivity contribution in [3.63, 3.8) is 0 Å². The summed E-state index contributed by atoms with van der Waals surface area (Å²) in [5, 5.41) is 11.9. The number of carbonyl (C=O) groups is 2. The smallest absolute Gasteiger partial charge is 0.335 e. The van der Waals surface area contributed by atoms with Gasteiger partial charge >= 0.3 is 5.97 Å². The number of nitrogens with one attached hydrogen (secondary N) is 1. The standard InChI is InChI=1S/C16H13BrClNO4/c1-8-5-10(17)7-11(14(8)23-2)15(20)19-13-6-9(16(21)22)3-4-12(13)18/h3-7H,1-2H3,(H,19,20)(H,21,22). The molecule has 120 valence electrons. The molecule has 5 nitrogen and oxygen atoms in total. The molecular weight excluding hydrogens is 386 g/mol. The van der Waals surface area contributed by atoms with Crippen molar-refractivity contribution >= 4 is 45.1 Å². The second kappa shape index (κ2) is 7.02. The monoisotopic (exact) mass is 397 g/mol. The van der Waals surface area contributed by atoms with Crippen LogP contribution in [0, 0.1) is 6.92 Å². The summed E-state index contributed by atoms with van der Waals surface area (Å²) in [5.41, 5.74) is 1.35. The Morgan fingerprint density at radius 3 is 2.57 bits per heavy atom. The number of aromatic carboxylic acids is 1. The van der Waals surface area contributed by atoms with Crippen LogP contribution >= 0.6 is 27.5 Å². The molecule has 1 amide bonds. The third-order valence-corrected chi connectivity index (χ3v) is 3.94. The van der Waals surface area contributed by atoms with Gasteiger partial charge in [0.05, 0.1) is 28.9 Å². The van der Waals surface area contributed by atoms with Gasteiger partial charge in [-0.05, 0) is 42.8 Å². The Morgan fingerprint density at radius 2 is 1.96 bits per heavy atom.